The Hall–Kier alpha value is -3.52. The molecule has 3 aromatic rings. The molecule has 0 atom stereocenters. The Balaban J connectivity index is 1.53. The molecule has 2 amide bonds. The summed E-state index contributed by atoms with van der Waals surface area (Å²) in [5.41, 5.74) is 2.86. The summed E-state index contributed by atoms with van der Waals surface area (Å²) in [7, 11) is 0. The quantitative estimate of drug-likeness (QED) is 0.521. The van der Waals surface area contributed by atoms with E-state index < -0.39 is 0 Å². The van der Waals surface area contributed by atoms with Gasteiger partial charge in [-0.25, -0.2) is 4.39 Å². The Bertz CT molecular complexity index is 1130. The molecule has 8 heteroatoms. The van der Waals surface area contributed by atoms with Crippen molar-refractivity contribution in [2.45, 2.75) is 45.8 Å². The third kappa shape index (κ3) is 7.01. The predicted molar refractivity (Wildman–Crippen MR) is 138 cm³/mol. The van der Waals surface area contributed by atoms with Gasteiger partial charge in [0.05, 0.1) is 0 Å². The lowest BCUT2D eigenvalue weighted by molar-refractivity contribution is -0.132. The Kier molecular flexibility index (Phi) is 8.84. The third-order valence-electron chi connectivity index (χ3n) is 6.58. The van der Waals surface area contributed by atoms with Crippen molar-refractivity contribution in [2.24, 2.45) is 0 Å². The summed E-state index contributed by atoms with van der Waals surface area (Å²) in [6.07, 6.45) is 5.57. The fraction of sp³-hybridized carbons (Fsp3) is 0.393. The topological polar surface area (TPSA) is 61.7 Å². The number of carbonyl (C=O) groups is 2. The molecule has 0 N–H and O–H groups in total. The van der Waals surface area contributed by atoms with Crippen LogP contribution >= 0.6 is 0 Å². The van der Waals surface area contributed by atoms with E-state index in [1.54, 1.807) is 25.3 Å². The van der Waals surface area contributed by atoms with Gasteiger partial charge in [0.1, 0.15) is 5.82 Å². The number of hydrogen-bond acceptors (Lipinski definition) is 4. The fourth-order valence-electron chi connectivity index (χ4n) is 4.67. The van der Waals surface area contributed by atoms with E-state index in [0.29, 0.717) is 52.1 Å². The summed E-state index contributed by atoms with van der Waals surface area (Å²) < 4.78 is 15.2. The highest BCUT2D eigenvalue weighted by molar-refractivity contribution is 5.92. The van der Waals surface area contributed by atoms with E-state index in [-0.39, 0.29) is 17.6 Å². The average Bonchev–Trinajstić information content (AvgIpc) is 3.38. The molecule has 0 unspecified atom stereocenters. The summed E-state index contributed by atoms with van der Waals surface area (Å²) >= 11 is 0. The molecule has 0 saturated heterocycles. The normalized spacial score (nSPS) is 15.3. The molecule has 0 radical (unpaired) electrons. The van der Waals surface area contributed by atoms with Gasteiger partial charge < -0.3 is 9.80 Å². The monoisotopic (exact) mass is 491 g/mol. The zero-order valence-corrected chi connectivity index (χ0v) is 20.9. The largest absolute Gasteiger partial charge is 0.337 e. The minimum Gasteiger partial charge on any atom is -0.337 e. The number of amides is 2. The van der Waals surface area contributed by atoms with Gasteiger partial charge in [-0.2, -0.15) is 5.10 Å². The highest BCUT2D eigenvalue weighted by Gasteiger charge is 2.22. The van der Waals surface area contributed by atoms with Crippen molar-refractivity contribution in [3.63, 3.8) is 0 Å². The molecule has 4 rings (SSSR count). The number of fused-ring (bicyclic) bond motifs is 1. The molecule has 1 aliphatic heterocycles. The Labute approximate surface area is 212 Å². The highest BCUT2D eigenvalue weighted by Crippen LogP contribution is 2.24. The molecule has 0 fully saturated rings. The van der Waals surface area contributed by atoms with Crippen molar-refractivity contribution >= 4 is 17.5 Å². The molecule has 190 valence electrons. The highest BCUT2D eigenvalue weighted by atomic mass is 19.1. The van der Waals surface area contributed by atoms with Crippen LogP contribution in [0.2, 0.25) is 0 Å². The van der Waals surface area contributed by atoms with Gasteiger partial charge in [-0.3, -0.25) is 19.2 Å². The molecule has 36 heavy (non-hydrogen) atoms. The first-order valence-electron chi connectivity index (χ1n) is 12.6. The number of aryl methyl sites for hydroxylation is 1. The van der Waals surface area contributed by atoms with Crippen molar-refractivity contribution in [1.82, 2.24) is 19.6 Å². The van der Waals surface area contributed by atoms with E-state index >= 15 is 0 Å². The van der Waals surface area contributed by atoms with E-state index in [0.717, 1.165) is 29.8 Å². The number of rotatable bonds is 6. The number of halogens is 1. The number of carbonyl (C=O) groups excluding carboxylic acids is 2. The van der Waals surface area contributed by atoms with Crippen LogP contribution in [-0.2, 0) is 29.2 Å². The van der Waals surface area contributed by atoms with Crippen LogP contribution in [0.25, 0.3) is 0 Å². The SMILES string of the molecule is CC(=O)N1CCCN(Cc2ccc(F)cc2)CCN(C(=O)CCCn2cccn2)Cc2ccccc21. The molecule has 0 aliphatic carbocycles. The number of nitrogens with zero attached hydrogens (tertiary/aromatic N) is 5. The maximum atomic E-state index is 13.4. The summed E-state index contributed by atoms with van der Waals surface area (Å²) in [6, 6.07) is 16.3. The van der Waals surface area contributed by atoms with Crippen LogP contribution in [0.5, 0.6) is 0 Å². The first-order valence-corrected chi connectivity index (χ1v) is 12.6. The molecule has 1 aliphatic rings. The molecule has 7 nitrogen and oxygen atoms in total. The maximum Gasteiger partial charge on any atom is 0.223 e. The van der Waals surface area contributed by atoms with E-state index in [4.69, 9.17) is 0 Å². The van der Waals surface area contributed by atoms with E-state index in [1.807, 2.05) is 51.0 Å². The van der Waals surface area contributed by atoms with Gasteiger partial charge in [0.2, 0.25) is 11.8 Å². The van der Waals surface area contributed by atoms with E-state index in [1.165, 1.54) is 12.1 Å². The molecule has 2 heterocycles. The molecular formula is C28H34FN5O2. The van der Waals surface area contributed by atoms with Gasteiger partial charge in [-0.05, 0) is 48.2 Å². The Morgan fingerprint density at radius 3 is 2.53 bits per heavy atom. The van der Waals surface area contributed by atoms with Gasteiger partial charge in [0.15, 0.2) is 0 Å². The summed E-state index contributed by atoms with van der Waals surface area (Å²) in [4.78, 5) is 31.9. The van der Waals surface area contributed by atoms with Crippen LogP contribution in [0.3, 0.4) is 0 Å². The lowest BCUT2D eigenvalue weighted by Crippen LogP contribution is -2.38. The Morgan fingerprint density at radius 2 is 1.78 bits per heavy atom. The number of para-hydroxylation sites is 1. The first kappa shape index (κ1) is 25.6. The van der Waals surface area contributed by atoms with Gasteiger partial charge in [0.25, 0.3) is 0 Å². The van der Waals surface area contributed by atoms with E-state index in [2.05, 4.69) is 10.00 Å². The molecule has 0 spiro atoms. The molecule has 2 aromatic carbocycles. The van der Waals surface area contributed by atoms with Crippen LogP contribution < -0.4 is 4.90 Å². The number of aromatic nitrogens is 2. The van der Waals surface area contributed by atoms with Crippen molar-refractivity contribution in [1.29, 1.82) is 0 Å². The lowest BCUT2D eigenvalue weighted by Gasteiger charge is -2.28. The second-order valence-corrected chi connectivity index (χ2v) is 9.24. The van der Waals surface area contributed by atoms with Crippen LogP contribution in [0.15, 0.2) is 67.0 Å². The molecule has 0 bridgehead atoms. The number of benzene rings is 2. The standard InChI is InChI=1S/C28H34FN5O2/c1-23(35)34-18-6-15-31(21-24-10-12-26(29)13-11-24)19-20-32(22-25-7-2-3-8-27(25)34)28(36)9-4-16-33-17-5-14-30-33/h2-3,5,7-8,10-14,17H,4,6,9,15-16,18-22H2,1H3. The molecule has 0 saturated carbocycles. The van der Waals surface area contributed by atoms with Crippen molar-refractivity contribution in [2.75, 3.05) is 31.1 Å². The van der Waals surface area contributed by atoms with Crippen LogP contribution in [0.1, 0.15) is 37.3 Å². The number of hydrogen-bond donors (Lipinski definition) is 0. The fourth-order valence-corrected chi connectivity index (χ4v) is 4.67. The van der Waals surface area contributed by atoms with Gasteiger partial charge in [-0.15, -0.1) is 0 Å². The molecule has 1 aromatic heterocycles. The summed E-state index contributed by atoms with van der Waals surface area (Å²) in [5, 5.41) is 4.22. The zero-order valence-electron chi connectivity index (χ0n) is 20.9. The van der Waals surface area contributed by atoms with Crippen molar-refractivity contribution in [3.05, 3.63) is 83.9 Å². The number of anilines is 1. The van der Waals surface area contributed by atoms with Crippen LogP contribution in [0.4, 0.5) is 10.1 Å². The lowest BCUT2D eigenvalue weighted by atomic mass is 10.1. The third-order valence-corrected chi connectivity index (χ3v) is 6.58. The zero-order chi connectivity index (χ0) is 25.3. The van der Waals surface area contributed by atoms with Crippen LogP contribution in [-0.4, -0.2) is 57.6 Å². The second-order valence-electron chi connectivity index (χ2n) is 9.24. The van der Waals surface area contributed by atoms with Crippen molar-refractivity contribution < 1.29 is 14.0 Å². The van der Waals surface area contributed by atoms with Crippen molar-refractivity contribution in [3.8, 4) is 0 Å². The molecular weight excluding hydrogens is 457 g/mol. The average molecular weight is 492 g/mol. The summed E-state index contributed by atoms with van der Waals surface area (Å²) in [5.74, 6) is -0.172. The second kappa shape index (κ2) is 12.4. The van der Waals surface area contributed by atoms with Gasteiger partial charge >= 0.3 is 0 Å². The predicted octanol–water partition coefficient (Wildman–Crippen LogP) is 4.09. The van der Waals surface area contributed by atoms with Gasteiger partial charge in [-0.1, -0.05) is 30.3 Å². The van der Waals surface area contributed by atoms with E-state index in [9.17, 15) is 14.0 Å². The minimum atomic E-state index is -0.252. The minimum absolute atomic E-state index is 0.0103. The van der Waals surface area contributed by atoms with Crippen LogP contribution in [0, 0.1) is 5.82 Å². The Morgan fingerprint density at radius 1 is 0.972 bits per heavy atom. The smallest absolute Gasteiger partial charge is 0.223 e. The first-order chi connectivity index (χ1) is 17.5. The summed E-state index contributed by atoms with van der Waals surface area (Å²) in [6.45, 7) is 6.04. The van der Waals surface area contributed by atoms with Gasteiger partial charge in [0, 0.05) is 77.2 Å². The maximum absolute atomic E-state index is 13.4.